The van der Waals surface area contributed by atoms with E-state index in [1.165, 1.54) is 0 Å². The average Bonchev–Trinajstić information content (AvgIpc) is 2.91. The molecule has 110 valence electrons. The second-order valence-corrected chi connectivity index (χ2v) is 5.43. The van der Waals surface area contributed by atoms with E-state index in [-0.39, 0.29) is 18.1 Å². The Balaban J connectivity index is 1.75. The normalized spacial score (nSPS) is 18.2. The molecule has 0 aliphatic carbocycles. The standard InChI is InChI=1S/C16H23NO3/c1-12(2)20-14-7-5-13(6-8-14)10-16(18)17-11-15-4-3-9-19-15/h5-8,12,15H,3-4,9-11H2,1-2H3,(H,17,18). The molecule has 4 heteroatoms. The Morgan fingerprint density at radius 3 is 2.75 bits per heavy atom. The Hall–Kier alpha value is -1.55. The first-order valence-electron chi connectivity index (χ1n) is 7.27. The second kappa shape index (κ2) is 7.29. The van der Waals surface area contributed by atoms with E-state index in [9.17, 15) is 4.79 Å². The molecule has 1 aliphatic rings. The van der Waals surface area contributed by atoms with Gasteiger partial charge in [0.25, 0.3) is 0 Å². The zero-order valence-corrected chi connectivity index (χ0v) is 12.2. The second-order valence-electron chi connectivity index (χ2n) is 5.43. The van der Waals surface area contributed by atoms with Crippen LogP contribution in [0, 0.1) is 0 Å². The van der Waals surface area contributed by atoms with E-state index in [1.807, 2.05) is 38.1 Å². The Morgan fingerprint density at radius 1 is 1.40 bits per heavy atom. The third kappa shape index (κ3) is 4.85. The number of ether oxygens (including phenoxy) is 2. The molecule has 0 radical (unpaired) electrons. The molecule has 1 aromatic rings. The molecule has 1 aromatic carbocycles. The van der Waals surface area contributed by atoms with E-state index in [4.69, 9.17) is 9.47 Å². The summed E-state index contributed by atoms with van der Waals surface area (Å²) in [4.78, 5) is 11.8. The quantitative estimate of drug-likeness (QED) is 0.868. The van der Waals surface area contributed by atoms with Crippen molar-refractivity contribution in [1.82, 2.24) is 5.32 Å². The van der Waals surface area contributed by atoms with Gasteiger partial charge in [-0.2, -0.15) is 0 Å². The van der Waals surface area contributed by atoms with Crippen molar-refractivity contribution in [3.05, 3.63) is 29.8 Å². The molecule has 0 saturated carbocycles. The summed E-state index contributed by atoms with van der Waals surface area (Å²) in [7, 11) is 0. The van der Waals surface area contributed by atoms with Gasteiger partial charge in [0, 0.05) is 13.2 Å². The first kappa shape index (κ1) is 14.9. The van der Waals surface area contributed by atoms with Gasteiger partial charge in [-0.25, -0.2) is 0 Å². The molecule has 1 heterocycles. The highest BCUT2D eigenvalue weighted by Crippen LogP contribution is 2.14. The molecule has 0 bridgehead atoms. The highest BCUT2D eigenvalue weighted by atomic mass is 16.5. The number of hydrogen-bond acceptors (Lipinski definition) is 3. The van der Waals surface area contributed by atoms with Crippen molar-refractivity contribution >= 4 is 5.91 Å². The summed E-state index contributed by atoms with van der Waals surface area (Å²) in [6, 6.07) is 7.68. The molecule has 1 amide bonds. The van der Waals surface area contributed by atoms with Crippen molar-refractivity contribution in [2.24, 2.45) is 0 Å². The molecule has 1 aliphatic heterocycles. The van der Waals surface area contributed by atoms with Gasteiger partial charge in [-0.3, -0.25) is 4.79 Å². The Kier molecular flexibility index (Phi) is 5.41. The minimum Gasteiger partial charge on any atom is -0.491 e. The molecule has 0 spiro atoms. The summed E-state index contributed by atoms with van der Waals surface area (Å²) in [6.45, 7) is 5.42. The van der Waals surface area contributed by atoms with E-state index in [2.05, 4.69) is 5.32 Å². The smallest absolute Gasteiger partial charge is 0.224 e. The fourth-order valence-electron chi connectivity index (χ4n) is 2.24. The minimum atomic E-state index is 0.0398. The minimum absolute atomic E-state index is 0.0398. The first-order chi connectivity index (χ1) is 9.63. The van der Waals surface area contributed by atoms with Crippen LogP contribution >= 0.6 is 0 Å². The summed E-state index contributed by atoms with van der Waals surface area (Å²) < 4.78 is 11.0. The lowest BCUT2D eigenvalue weighted by atomic mass is 10.1. The highest BCUT2D eigenvalue weighted by Gasteiger charge is 2.16. The molecule has 1 unspecified atom stereocenters. The van der Waals surface area contributed by atoms with Crippen LogP contribution in [0.3, 0.4) is 0 Å². The van der Waals surface area contributed by atoms with Gasteiger partial charge >= 0.3 is 0 Å². The number of carbonyl (C=O) groups is 1. The lowest BCUT2D eigenvalue weighted by Gasteiger charge is -2.12. The van der Waals surface area contributed by atoms with Crippen LogP contribution in [-0.2, 0) is 16.0 Å². The molecule has 1 saturated heterocycles. The molecule has 0 aromatic heterocycles. The summed E-state index contributed by atoms with van der Waals surface area (Å²) in [6.07, 6.45) is 2.89. The topological polar surface area (TPSA) is 47.6 Å². The van der Waals surface area contributed by atoms with Crippen molar-refractivity contribution < 1.29 is 14.3 Å². The van der Waals surface area contributed by atoms with Crippen molar-refractivity contribution in [3.63, 3.8) is 0 Å². The average molecular weight is 277 g/mol. The number of nitrogens with one attached hydrogen (secondary N) is 1. The maximum Gasteiger partial charge on any atom is 0.224 e. The van der Waals surface area contributed by atoms with Gasteiger partial charge in [0.15, 0.2) is 0 Å². The van der Waals surface area contributed by atoms with Crippen LogP contribution in [0.4, 0.5) is 0 Å². The van der Waals surface area contributed by atoms with Gasteiger partial charge in [0.2, 0.25) is 5.91 Å². The maximum atomic E-state index is 11.8. The molecule has 2 rings (SSSR count). The number of rotatable bonds is 6. The molecule has 20 heavy (non-hydrogen) atoms. The van der Waals surface area contributed by atoms with Gasteiger partial charge in [-0.05, 0) is 44.4 Å². The number of benzene rings is 1. The van der Waals surface area contributed by atoms with Crippen molar-refractivity contribution in [1.29, 1.82) is 0 Å². The zero-order chi connectivity index (χ0) is 14.4. The predicted molar refractivity (Wildman–Crippen MR) is 77.9 cm³/mol. The fraction of sp³-hybridized carbons (Fsp3) is 0.562. The third-order valence-electron chi connectivity index (χ3n) is 3.21. The lowest BCUT2D eigenvalue weighted by molar-refractivity contribution is -0.120. The molecule has 1 N–H and O–H groups in total. The summed E-state index contributed by atoms with van der Waals surface area (Å²) in [5.74, 6) is 0.876. The predicted octanol–water partition coefficient (Wildman–Crippen LogP) is 2.31. The van der Waals surface area contributed by atoms with Crippen LogP contribution in [0.15, 0.2) is 24.3 Å². The number of carbonyl (C=O) groups excluding carboxylic acids is 1. The van der Waals surface area contributed by atoms with Crippen LogP contribution in [0.2, 0.25) is 0 Å². The monoisotopic (exact) mass is 277 g/mol. The molecule has 1 atom stereocenters. The van der Waals surface area contributed by atoms with Crippen molar-refractivity contribution in [3.8, 4) is 5.75 Å². The van der Waals surface area contributed by atoms with Crippen LogP contribution < -0.4 is 10.1 Å². The Morgan fingerprint density at radius 2 is 2.15 bits per heavy atom. The van der Waals surface area contributed by atoms with Gasteiger partial charge in [0.1, 0.15) is 5.75 Å². The zero-order valence-electron chi connectivity index (χ0n) is 12.2. The van der Waals surface area contributed by atoms with Crippen LogP contribution in [0.1, 0.15) is 32.3 Å². The van der Waals surface area contributed by atoms with Gasteiger partial charge in [0.05, 0.1) is 18.6 Å². The molecular formula is C16H23NO3. The van der Waals surface area contributed by atoms with E-state index >= 15 is 0 Å². The molecule has 1 fully saturated rings. The maximum absolute atomic E-state index is 11.8. The van der Waals surface area contributed by atoms with Gasteiger partial charge in [-0.1, -0.05) is 12.1 Å². The van der Waals surface area contributed by atoms with Crippen molar-refractivity contribution in [2.75, 3.05) is 13.2 Å². The first-order valence-corrected chi connectivity index (χ1v) is 7.27. The van der Waals surface area contributed by atoms with Crippen molar-refractivity contribution in [2.45, 2.75) is 45.3 Å². The summed E-state index contributed by atoms with van der Waals surface area (Å²) in [5, 5.41) is 2.92. The fourth-order valence-corrected chi connectivity index (χ4v) is 2.24. The Bertz CT molecular complexity index is 422. The van der Waals surface area contributed by atoms with Crippen LogP contribution in [0.25, 0.3) is 0 Å². The lowest BCUT2D eigenvalue weighted by Crippen LogP contribution is -2.32. The SMILES string of the molecule is CC(C)Oc1ccc(CC(=O)NCC2CCCO2)cc1. The number of amides is 1. The largest absolute Gasteiger partial charge is 0.491 e. The van der Waals surface area contributed by atoms with E-state index in [0.29, 0.717) is 13.0 Å². The summed E-state index contributed by atoms with van der Waals surface area (Å²) >= 11 is 0. The number of hydrogen-bond donors (Lipinski definition) is 1. The third-order valence-corrected chi connectivity index (χ3v) is 3.21. The van der Waals surface area contributed by atoms with E-state index in [1.54, 1.807) is 0 Å². The van der Waals surface area contributed by atoms with Crippen LogP contribution in [-0.4, -0.2) is 31.3 Å². The van der Waals surface area contributed by atoms with Crippen LogP contribution in [0.5, 0.6) is 5.75 Å². The Labute approximate surface area is 120 Å². The van der Waals surface area contributed by atoms with E-state index in [0.717, 1.165) is 30.8 Å². The van der Waals surface area contributed by atoms with Gasteiger partial charge in [-0.15, -0.1) is 0 Å². The molecular weight excluding hydrogens is 254 g/mol. The van der Waals surface area contributed by atoms with Gasteiger partial charge < -0.3 is 14.8 Å². The van der Waals surface area contributed by atoms with E-state index < -0.39 is 0 Å². The summed E-state index contributed by atoms with van der Waals surface area (Å²) in [5.41, 5.74) is 0.992. The molecule has 4 nitrogen and oxygen atoms in total. The highest BCUT2D eigenvalue weighted by molar-refractivity contribution is 5.78.